The topological polar surface area (TPSA) is 64.0 Å². The highest BCUT2D eigenvalue weighted by Gasteiger charge is 2.24. The highest BCUT2D eigenvalue weighted by Crippen LogP contribution is 2.35. The Morgan fingerprint density at radius 3 is 2.31 bits per heavy atom. The number of thiophene rings is 1. The summed E-state index contributed by atoms with van der Waals surface area (Å²) < 4.78 is 1.48. The molecule has 1 atom stereocenters. The first-order valence-electron chi connectivity index (χ1n) is 10.7. The molecule has 2 heterocycles. The van der Waals surface area contributed by atoms with Gasteiger partial charge in [0, 0.05) is 16.1 Å². The van der Waals surface area contributed by atoms with Crippen LogP contribution in [0.2, 0.25) is 0 Å². The fourth-order valence-electron chi connectivity index (χ4n) is 4.19. The molecule has 1 unspecified atom stereocenters. The first kappa shape index (κ1) is 22.0. The van der Waals surface area contributed by atoms with Crippen LogP contribution in [0.3, 0.4) is 0 Å². The maximum atomic E-state index is 13.6. The van der Waals surface area contributed by atoms with Gasteiger partial charge in [0.2, 0.25) is 5.91 Å². The van der Waals surface area contributed by atoms with E-state index in [1.807, 2.05) is 71.0 Å². The lowest BCUT2D eigenvalue weighted by atomic mass is 10.0. The molecular formula is C26H27N3O2S. The fourth-order valence-corrected chi connectivity index (χ4v) is 5.19. The quantitative estimate of drug-likeness (QED) is 0.413. The summed E-state index contributed by atoms with van der Waals surface area (Å²) in [5.41, 5.74) is 5.76. The van der Waals surface area contributed by atoms with Crippen molar-refractivity contribution in [3.8, 4) is 11.1 Å². The summed E-state index contributed by atoms with van der Waals surface area (Å²) in [6.07, 6.45) is 1.99. The summed E-state index contributed by atoms with van der Waals surface area (Å²) in [5, 5.41) is 3.56. The highest BCUT2D eigenvalue weighted by atomic mass is 32.1. The van der Waals surface area contributed by atoms with Crippen molar-refractivity contribution in [3.05, 3.63) is 80.7 Å². The van der Waals surface area contributed by atoms with Crippen molar-refractivity contribution in [3.63, 3.8) is 0 Å². The molecule has 0 fully saturated rings. The second-order valence-corrected chi connectivity index (χ2v) is 9.53. The van der Waals surface area contributed by atoms with Crippen LogP contribution in [-0.4, -0.2) is 15.5 Å². The van der Waals surface area contributed by atoms with Crippen molar-refractivity contribution in [1.82, 2.24) is 9.55 Å². The first-order valence-corrected chi connectivity index (χ1v) is 11.6. The number of aryl methyl sites for hydroxylation is 4. The minimum atomic E-state index is -0.647. The molecule has 0 bridgehead atoms. The van der Waals surface area contributed by atoms with E-state index in [-0.39, 0.29) is 11.5 Å². The zero-order valence-electron chi connectivity index (χ0n) is 19.0. The van der Waals surface area contributed by atoms with Crippen molar-refractivity contribution in [2.45, 2.75) is 47.1 Å². The number of hydrogen-bond donors (Lipinski definition) is 1. The van der Waals surface area contributed by atoms with E-state index in [2.05, 4.69) is 16.4 Å². The molecule has 2 aromatic carbocycles. The van der Waals surface area contributed by atoms with Gasteiger partial charge in [0.25, 0.3) is 5.56 Å². The molecule has 0 aliphatic carbocycles. The predicted octanol–water partition coefficient (Wildman–Crippen LogP) is 5.95. The third-order valence-corrected chi connectivity index (χ3v) is 6.68. The normalized spacial score (nSPS) is 12.2. The van der Waals surface area contributed by atoms with Crippen LogP contribution in [-0.2, 0) is 4.79 Å². The minimum absolute atomic E-state index is 0.183. The van der Waals surface area contributed by atoms with Gasteiger partial charge in [-0.2, -0.15) is 0 Å². The smallest absolute Gasteiger partial charge is 0.263 e. The Morgan fingerprint density at radius 1 is 1.03 bits per heavy atom. The van der Waals surface area contributed by atoms with Gasteiger partial charge in [0.1, 0.15) is 10.9 Å². The molecule has 0 saturated carbocycles. The molecular weight excluding hydrogens is 418 g/mol. The van der Waals surface area contributed by atoms with Crippen LogP contribution in [0, 0.1) is 27.7 Å². The average molecular weight is 446 g/mol. The van der Waals surface area contributed by atoms with Gasteiger partial charge in [0.05, 0.1) is 11.7 Å². The van der Waals surface area contributed by atoms with E-state index in [0.717, 1.165) is 38.4 Å². The molecule has 32 heavy (non-hydrogen) atoms. The van der Waals surface area contributed by atoms with Gasteiger partial charge in [-0.25, -0.2) is 4.98 Å². The number of hydrogen-bond acceptors (Lipinski definition) is 4. The van der Waals surface area contributed by atoms with E-state index >= 15 is 0 Å². The van der Waals surface area contributed by atoms with Crippen LogP contribution in [0.5, 0.6) is 0 Å². The standard InChI is InChI=1S/C26H27N3O2S/c1-6-21(24(30)28-20-12-16(3)11-17(4)13-20)29-14-27-25-23(26(29)31)22(18(5)32-25)19-9-7-15(2)8-10-19/h7-14,21H,6H2,1-5H3,(H,28,30). The number of carbonyl (C=O) groups excluding carboxylic acids is 1. The average Bonchev–Trinajstić information content (AvgIpc) is 3.07. The lowest BCUT2D eigenvalue weighted by Gasteiger charge is -2.18. The SMILES string of the molecule is CCC(C(=O)Nc1cc(C)cc(C)c1)n1cnc2sc(C)c(-c3ccc(C)cc3)c2c1=O. The molecule has 1 N–H and O–H groups in total. The Balaban J connectivity index is 1.78. The second-order valence-electron chi connectivity index (χ2n) is 8.33. The molecule has 0 aliphatic heterocycles. The number of nitrogens with zero attached hydrogens (tertiary/aromatic N) is 2. The van der Waals surface area contributed by atoms with E-state index in [1.165, 1.54) is 22.2 Å². The van der Waals surface area contributed by atoms with Crippen molar-refractivity contribution in [2.75, 3.05) is 5.32 Å². The Bertz CT molecular complexity index is 1350. The highest BCUT2D eigenvalue weighted by molar-refractivity contribution is 7.19. The van der Waals surface area contributed by atoms with Crippen LogP contribution < -0.4 is 10.9 Å². The number of nitrogens with one attached hydrogen (secondary N) is 1. The van der Waals surface area contributed by atoms with E-state index in [0.29, 0.717) is 16.6 Å². The van der Waals surface area contributed by atoms with Crippen LogP contribution in [0.15, 0.2) is 53.6 Å². The van der Waals surface area contributed by atoms with Crippen LogP contribution in [0.4, 0.5) is 5.69 Å². The van der Waals surface area contributed by atoms with Crippen LogP contribution >= 0.6 is 11.3 Å². The molecule has 6 heteroatoms. The van der Waals surface area contributed by atoms with Gasteiger partial charge in [-0.1, -0.05) is 42.8 Å². The summed E-state index contributed by atoms with van der Waals surface area (Å²) in [4.78, 5) is 33.1. The molecule has 2 aromatic heterocycles. The number of rotatable bonds is 5. The molecule has 0 aliphatic rings. The third-order valence-electron chi connectivity index (χ3n) is 5.67. The summed E-state index contributed by atoms with van der Waals surface area (Å²) in [6.45, 7) is 9.94. The summed E-state index contributed by atoms with van der Waals surface area (Å²) in [6, 6.07) is 13.4. The van der Waals surface area contributed by atoms with Crippen LogP contribution in [0.1, 0.15) is 41.0 Å². The number of anilines is 1. The van der Waals surface area contributed by atoms with Gasteiger partial charge in [0.15, 0.2) is 0 Å². The van der Waals surface area contributed by atoms with Crippen LogP contribution in [0.25, 0.3) is 21.3 Å². The zero-order chi connectivity index (χ0) is 23.0. The largest absolute Gasteiger partial charge is 0.324 e. The van der Waals surface area contributed by atoms with Crippen molar-refractivity contribution in [1.29, 1.82) is 0 Å². The van der Waals surface area contributed by atoms with Gasteiger partial charge in [-0.05, 0) is 62.9 Å². The Labute approximate surface area is 191 Å². The van der Waals surface area contributed by atoms with Gasteiger partial charge >= 0.3 is 0 Å². The monoisotopic (exact) mass is 445 g/mol. The Hall–Kier alpha value is -3.25. The molecule has 0 saturated heterocycles. The Morgan fingerprint density at radius 2 is 1.69 bits per heavy atom. The van der Waals surface area contributed by atoms with Gasteiger partial charge in [-0.15, -0.1) is 11.3 Å². The lowest BCUT2D eigenvalue weighted by Crippen LogP contribution is -2.33. The fraction of sp³-hybridized carbons (Fsp3) is 0.269. The Kier molecular flexibility index (Phi) is 5.98. The number of amides is 1. The molecule has 0 spiro atoms. The minimum Gasteiger partial charge on any atom is -0.324 e. The summed E-state index contributed by atoms with van der Waals surface area (Å²) in [7, 11) is 0. The molecule has 0 radical (unpaired) electrons. The number of aromatic nitrogens is 2. The molecule has 164 valence electrons. The van der Waals surface area contributed by atoms with E-state index in [1.54, 1.807) is 0 Å². The second kappa shape index (κ2) is 8.71. The van der Waals surface area contributed by atoms with Crippen molar-refractivity contribution < 1.29 is 4.79 Å². The van der Waals surface area contributed by atoms with E-state index < -0.39 is 6.04 Å². The van der Waals surface area contributed by atoms with Gasteiger partial charge < -0.3 is 5.32 Å². The third kappa shape index (κ3) is 4.10. The number of benzene rings is 2. The maximum absolute atomic E-state index is 13.6. The predicted molar refractivity (Wildman–Crippen MR) is 133 cm³/mol. The van der Waals surface area contributed by atoms with Crippen molar-refractivity contribution >= 4 is 33.1 Å². The summed E-state index contributed by atoms with van der Waals surface area (Å²) in [5.74, 6) is -0.218. The first-order chi connectivity index (χ1) is 15.3. The number of carbonyl (C=O) groups is 1. The molecule has 5 nitrogen and oxygen atoms in total. The van der Waals surface area contributed by atoms with E-state index in [4.69, 9.17) is 0 Å². The molecule has 1 amide bonds. The molecule has 4 rings (SSSR count). The number of fused-ring (bicyclic) bond motifs is 1. The van der Waals surface area contributed by atoms with Gasteiger partial charge in [-0.3, -0.25) is 14.2 Å². The lowest BCUT2D eigenvalue weighted by molar-refractivity contribution is -0.119. The summed E-state index contributed by atoms with van der Waals surface area (Å²) >= 11 is 1.51. The maximum Gasteiger partial charge on any atom is 0.263 e. The molecule has 4 aromatic rings. The van der Waals surface area contributed by atoms with E-state index in [9.17, 15) is 9.59 Å². The zero-order valence-corrected chi connectivity index (χ0v) is 19.8. The van der Waals surface area contributed by atoms with Crippen molar-refractivity contribution in [2.24, 2.45) is 0 Å².